The normalized spacial score (nSPS) is 20.9. The predicted molar refractivity (Wildman–Crippen MR) is 94.1 cm³/mol. The van der Waals surface area contributed by atoms with Gasteiger partial charge < -0.3 is 14.5 Å². The maximum atomic E-state index is 12.0. The molecule has 0 aliphatic heterocycles. The molecule has 3 rings (SSSR count). The van der Waals surface area contributed by atoms with E-state index in [0.29, 0.717) is 11.8 Å². The lowest BCUT2D eigenvalue weighted by Gasteiger charge is -2.29. The van der Waals surface area contributed by atoms with Gasteiger partial charge in [-0.05, 0) is 52.2 Å². The predicted octanol–water partition coefficient (Wildman–Crippen LogP) is 4.29. The molecule has 6 nitrogen and oxygen atoms in total. The van der Waals surface area contributed by atoms with E-state index < -0.39 is 5.60 Å². The Hall–Kier alpha value is -2.37. The summed E-state index contributed by atoms with van der Waals surface area (Å²) in [6, 6.07) is 9.81. The van der Waals surface area contributed by atoms with Crippen LogP contribution in [0, 0.1) is 0 Å². The minimum atomic E-state index is -0.491. The van der Waals surface area contributed by atoms with Gasteiger partial charge in [0.15, 0.2) is 0 Å². The number of aromatic nitrogens is 2. The summed E-state index contributed by atoms with van der Waals surface area (Å²) >= 11 is 0. The van der Waals surface area contributed by atoms with Gasteiger partial charge in [-0.25, -0.2) is 4.79 Å². The van der Waals surface area contributed by atoms with Crippen LogP contribution >= 0.6 is 0 Å². The fourth-order valence-electron chi connectivity index (χ4n) is 3.12. The first-order valence-corrected chi connectivity index (χ1v) is 8.79. The Kier molecular flexibility index (Phi) is 5.06. The lowest BCUT2D eigenvalue weighted by molar-refractivity contribution is 0.0488. The summed E-state index contributed by atoms with van der Waals surface area (Å²) in [6.07, 6.45) is 3.36. The molecule has 0 spiro atoms. The van der Waals surface area contributed by atoms with E-state index in [1.54, 1.807) is 0 Å². The van der Waals surface area contributed by atoms with E-state index in [1.807, 2.05) is 51.1 Å². The van der Waals surface area contributed by atoms with Gasteiger partial charge in [-0.1, -0.05) is 24.6 Å². The van der Waals surface area contributed by atoms with Crippen LogP contribution in [0.4, 0.5) is 4.79 Å². The fraction of sp³-hybridized carbons (Fsp3) is 0.526. The lowest BCUT2D eigenvalue weighted by Crippen LogP contribution is -2.41. The second-order valence-electron chi connectivity index (χ2n) is 7.52. The summed E-state index contributed by atoms with van der Waals surface area (Å²) in [5.74, 6) is 1.35. The van der Waals surface area contributed by atoms with Crippen LogP contribution in [-0.4, -0.2) is 27.9 Å². The van der Waals surface area contributed by atoms with E-state index in [9.17, 15) is 4.79 Å². The molecule has 2 aromatic rings. The molecule has 0 radical (unpaired) electrons. The minimum Gasteiger partial charge on any atom is -0.444 e. The Labute approximate surface area is 148 Å². The first kappa shape index (κ1) is 17.5. The molecule has 6 heteroatoms. The van der Waals surface area contributed by atoms with Crippen molar-refractivity contribution >= 4 is 6.09 Å². The van der Waals surface area contributed by atoms with Crippen LogP contribution in [0.15, 0.2) is 34.7 Å². The van der Waals surface area contributed by atoms with Crippen molar-refractivity contribution < 1.29 is 13.9 Å². The highest BCUT2D eigenvalue weighted by Crippen LogP contribution is 2.33. The van der Waals surface area contributed by atoms with Crippen LogP contribution in [0.5, 0.6) is 0 Å². The maximum Gasteiger partial charge on any atom is 0.407 e. The van der Waals surface area contributed by atoms with E-state index in [0.717, 1.165) is 31.2 Å². The largest absolute Gasteiger partial charge is 0.444 e. The molecule has 1 fully saturated rings. The van der Waals surface area contributed by atoms with E-state index in [4.69, 9.17) is 9.15 Å². The highest BCUT2D eigenvalue weighted by atomic mass is 16.6. The maximum absolute atomic E-state index is 12.0. The number of hydrogen-bond acceptors (Lipinski definition) is 5. The van der Waals surface area contributed by atoms with E-state index >= 15 is 0 Å². The summed E-state index contributed by atoms with van der Waals surface area (Å²) in [6.45, 7) is 5.58. The monoisotopic (exact) mass is 343 g/mol. The Balaban J connectivity index is 1.62. The average molecular weight is 343 g/mol. The van der Waals surface area contributed by atoms with Crippen LogP contribution in [0.2, 0.25) is 0 Å². The second kappa shape index (κ2) is 7.25. The molecule has 1 aromatic carbocycles. The molecule has 134 valence electrons. The molecule has 1 saturated carbocycles. The minimum absolute atomic E-state index is 0.0701. The molecule has 1 aromatic heterocycles. The third kappa shape index (κ3) is 4.81. The van der Waals surface area contributed by atoms with Crippen LogP contribution in [0.1, 0.15) is 58.3 Å². The van der Waals surface area contributed by atoms with Crippen LogP contribution in [0.25, 0.3) is 11.5 Å². The third-order valence-electron chi connectivity index (χ3n) is 4.21. The molecule has 1 aliphatic rings. The molecule has 2 atom stereocenters. The Morgan fingerprint density at radius 1 is 1.20 bits per heavy atom. The average Bonchev–Trinajstić information content (AvgIpc) is 3.04. The fourth-order valence-corrected chi connectivity index (χ4v) is 3.12. The molecule has 25 heavy (non-hydrogen) atoms. The van der Waals surface area contributed by atoms with E-state index in [-0.39, 0.29) is 18.1 Å². The number of carbonyl (C=O) groups excluding carboxylic acids is 1. The zero-order chi connectivity index (χ0) is 17.9. The SMILES string of the molecule is CC(C)(C)OC(=O)N[C@@H]1CCC[C@H](c2nnc(-c3ccccc3)o2)C1. The van der Waals surface area contributed by atoms with Gasteiger partial charge in [0.1, 0.15) is 5.60 Å². The number of nitrogens with one attached hydrogen (secondary N) is 1. The van der Waals surface area contributed by atoms with Crippen LogP contribution < -0.4 is 5.32 Å². The summed E-state index contributed by atoms with van der Waals surface area (Å²) in [5, 5.41) is 11.4. The van der Waals surface area contributed by atoms with Gasteiger partial charge in [-0.3, -0.25) is 0 Å². The Bertz CT molecular complexity index is 706. The third-order valence-corrected chi connectivity index (χ3v) is 4.21. The highest BCUT2D eigenvalue weighted by molar-refractivity contribution is 5.68. The number of benzene rings is 1. The quantitative estimate of drug-likeness (QED) is 0.899. The lowest BCUT2D eigenvalue weighted by atomic mass is 9.85. The second-order valence-corrected chi connectivity index (χ2v) is 7.52. The highest BCUT2D eigenvalue weighted by Gasteiger charge is 2.29. The van der Waals surface area contributed by atoms with Crippen molar-refractivity contribution in [2.24, 2.45) is 0 Å². The molecule has 1 heterocycles. The number of hydrogen-bond donors (Lipinski definition) is 1. The topological polar surface area (TPSA) is 77.2 Å². The number of ether oxygens (including phenoxy) is 1. The van der Waals surface area contributed by atoms with Crippen molar-refractivity contribution in [2.45, 2.75) is 64.0 Å². The smallest absolute Gasteiger partial charge is 0.407 e. The van der Waals surface area contributed by atoms with Crippen molar-refractivity contribution in [3.8, 4) is 11.5 Å². The number of alkyl carbamates (subject to hydrolysis) is 1. The number of rotatable bonds is 3. The molecular formula is C19H25N3O3. The zero-order valence-corrected chi connectivity index (χ0v) is 15.0. The van der Waals surface area contributed by atoms with Gasteiger partial charge in [-0.15, -0.1) is 10.2 Å². The molecule has 1 aliphatic carbocycles. The van der Waals surface area contributed by atoms with Gasteiger partial charge in [0.25, 0.3) is 0 Å². The van der Waals surface area contributed by atoms with Gasteiger partial charge in [0.2, 0.25) is 11.8 Å². The van der Waals surface area contributed by atoms with Crippen LogP contribution in [-0.2, 0) is 4.74 Å². The van der Waals surface area contributed by atoms with Crippen molar-refractivity contribution in [1.29, 1.82) is 0 Å². The zero-order valence-electron chi connectivity index (χ0n) is 15.0. The number of amides is 1. The van der Waals surface area contributed by atoms with E-state index in [1.165, 1.54) is 0 Å². The van der Waals surface area contributed by atoms with Crippen molar-refractivity contribution in [3.63, 3.8) is 0 Å². The molecule has 0 unspecified atom stereocenters. The Morgan fingerprint density at radius 3 is 2.68 bits per heavy atom. The summed E-state index contributed by atoms with van der Waals surface area (Å²) < 4.78 is 11.2. The Morgan fingerprint density at radius 2 is 1.96 bits per heavy atom. The molecule has 1 amide bonds. The number of carbonyl (C=O) groups is 1. The van der Waals surface area contributed by atoms with Crippen molar-refractivity contribution in [2.75, 3.05) is 0 Å². The standard InChI is InChI=1S/C19H25N3O3/c1-19(2,3)25-18(23)20-15-11-7-10-14(12-15)17-22-21-16(24-17)13-8-5-4-6-9-13/h4-6,8-9,14-15H,7,10-12H2,1-3H3,(H,20,23)/t14-,15+/m0/s1. The molecular weight excluding hydrogens is 318 g/mol. The summed E-state index contributed by atoms with van der Waals surface area (Å²) in [7, 11) is 0. The first-order chi connectivity index (χ1) is 11.9. The summed E-state index contributed by atoms with van der Waals surface area (Å²) in [5.41, 5.74) is 0.426. The number of nitrogens with zero attached hydrogens (tertiary/aromatic N) is 2. The van der Waals surface area contributed by atoms with Crippen LogP contribution in [0.3, 0.4) is 0 Å². The first-order valence-electron chi connectivity index (χ1n) is 8.79. The van der Waals surface area contributed by atoms with Gasteiger partial charge in [0.05, 0.1) is 0 Å². The molecule has 0 bridgehead atoms. The van der Waals surface area contributed by atoms with Crippen molar-refractivity contribution in [1.82, 2.24) is 15.5 Å². The van der Waals surface area contributed by atoms with Gasteiger partial charge in [-0.2, -0.15) is 0 Å². The van der Waals surface area contributed by atoms with Gasteiger partial charge in [0, 0.05) is 17.5 Å². The van der Waals surface area contributed by atoms with E-state index in [2.05, 4.69) is 15.5 Å². The van der Waals surface area contributed by atoms with Gasteiger partial charge >= 0.3 is 6.09 Å². The molecule has 0 saturated heterocycles. The van der Waals surface area contributed by atoms with Crippen molar-refractivity contribution in [3.05, 3.63) is 36.2 Å². The summed E-state index contributed by atoms with van der Waals surface area (Å²) in [4.78, 5) is 12.0. The molecule has 1 N–H and O–H groups in total.